The van der Waals surface area contributed by atoms with Crippen LogP contribution in [0.5, 0.6) is 5.75 Å². The Hall–Kier alpha value is -0.850. The molecule has 0 saturated heterocycles. The normalized spacial score (nSPS) is 11.3. The van der Waals surface area contributed by atoms with Gasteiger partial charge in [0.05, 0.1) is 5.02 Å². The van der Waals surface area contributed by atoms with Gasteiger partial charge in [-0.25, -0.2) is 4.39 Å². The van der Waals surface area contributed by atoms with Crippen LogP contribution in [0, 0.1) is 5.82 Å². The highest BCUT2D eigenvalue weighted by atomic mass is 35.5. The molecule has 0 saturated carbocycles. The molecule has 0 atom stereocenters. The van der Waals surface area contributed by atoms with Gasteiger partial charge in [-0.05, 0) is 18.2 Å². The molecule has 0 heterocycles. The fourth-order valence-electron chi connectivity index (χ4n) is 0.668. The predicted octanol–water partition coefficient (Wildman–Crippen LogP) is 1.06. The van der Waals surface area contributed by atoms with Gasteiger partial charge in [0.2, 0.25) is 0 Å². The summed E-state index contributed by atoms with van der Waals surface area (Å²) in [5, 5.41) is 4.41. The van der Waals surface area contributed by atoms with E-state index in [0.717, 1.165) is 18.2 Å². The van der Waals surface area contributed by atoms with Crippen LogP contribution in [0.3, 0.4) is 0 Å². The van der Waals surface area contributed by atoms with Crippen LogP contribution >= 0.6 is 11.6 Å². The fraction of sp³-hybridized carbons (Fsp3) is 0. The number of nitrogens with two attached hydrogens (primary N) is 1. The molecule has 7 heteroatoms. The molecule has 0 unspecified atom stereocenters. The van der Waals surface area contributed by atoms with Crippen molar-refractivity contribution in [2.75, 3.05) is 0 Å². The van der Waals surface area contributed by atoms with E-state index in [1.54, 1.807) is 0 Å². The minimum Gasteiger partial charge on any atom is -0.369 e. The average Bonchev–Trinajstić information content (AvgIpc) is 1.93. The van der Waals surface area contributed by atoms with E-state index in [1.807, 2.05) is 0 Å². The second-order valence-electron chi connectivity index (χ2n) is 2.15. The van der Waals surface area contributed by atoms with Gasteiger partial charge in [0.15, 0.2) is 5.75 Å². The van der Waals surface area contributed by atoms with Crippen LogP contribution in [0.25, 0.3) is 0 Å². The average molecular weight is 226 g/mol. The van der Waals surface area contributed by atoms with Gasteiger partial charge >= 0.3 is 10.3 Å². The maximum absolute atomic E-state index is 12.5. The van der Waals surface area contributed by atoms with Crippen LogP contribution in [0.4, 0.5) is 4.39 Å². The first-order valence-corrected chi connectivity index (χ1v) is 4.91. The van der Waals surface area contributed by atoms with Crippen molar-refractivity contribution < 1.29 is 17.0 Å². The summed E-state index contributed by atoms with van der Waals surface area (Å²) < 4.78 is 37.6. The van der Waals surface area contributed by atoms with Crippen LogP contribution in [-0.2, 0) is 10.3 Å². The van der Waals surface area contributed by atoms with Gasteiger partial charge in [-0.1, -0.05) is 11.6 Å². The molecule has 0 spiro atoms. The summed E-state index contributed by atoms with van der Waals surface area (Å²) in [4.78, 5) is 0. The molecule has 0 aliphatic carbocycles. The number of halogens is 2. The van der Waals surface area contributed by atoms with E-state index in [2.05, 4.69) is 9.32 Å². The van der Waals surface area contributed by atoms with Crippen molar-refractivity contribution in [2.45, 2.75) is 0 Å². The smallest absolute Gasteiger partial charge is 0.369 e. The number of hydrogen-bond donors (Lipinski definition) is 1. The zero-order valence-electron chi connectivity index (χ0n) is 6.20. The Balaban J connectivity index is 3.04. The molecule has 0 radical (unpaired) electrons. The molecule has 4 nitrogen and oxygen atoms in total. The van der Waals surface area contributed by atoms with E-state index in [1.165, 1.54) is 0 Å². The lowest BCUT2D eigenvalue weighted by Crippen LogP contribution is -2.19. The first-order valence-electron chi connectivity index (χ1n) is 3.06. The van der Waals surface area contributed by atoms with Crippen molar-refractivity contribution in [3.05, 3.63) is 29.0 Å². The third-order valence-corrected chi connectivity index (χ3v) is 1.81. The second-order valence-corrected chi connectivity index (χ2v) is 3.71. The van der Waals surface area contributed by atoms with Crippen molar-refractivity contribution in [2.24, 2.45) is 5.14 Å². The standard InChI is InChI=1S/C6H5ClFNO3S/c7-5-3-4(8)1-2-6(5)12-13(9,10)11/h1-3H,(H2,9,10,11). The van der Waals surface area contributed by atoms with Crippen LogP contribution in [-0.4, -0.2) is 8.42 Å². The van der Waals surface area contributed by atoms with E-state index in [-0.39, 0.29) is 10.8 Å². The zero-order chi connectivity index (χ0) is 10.1. The Kier molecular flexibility index (Phi) is 2.74. The molecular weight excluding hydrogens is 221 g/mol. The van der Waals surface area contributed by atoms with E-state index < -0.39 is 16.1 Å². The maximum Gasteiger partial charge on any atom is 0.380 e. The van der Waals surface area contributed by atoms with Crippen molar-refractivity contribution in [3.63, 3.8) is 0 Å². The molecule has 1 aromatic rings. The first kappa shape index (κ1) is 10.2. The van der Waals surface area contributed by atoms with Crippen LogP contribution < -0.4 is 9.32 Å². The Morgan fingerprint density at radius 3 is 2.54 bits per heavy atom. The molecule has 2 N–H and O–H groups in total. The minimum absolute atomic E-state index is 0.158. The van der Waals surface area contributed by atoms with E-state index in [9.17, 15) is 12.8 Å². The number of hydrogen-bond acceptors (Lipinski definition) is 3. The van der Waals surface area contributed by atoms with Crippen molar-refractivity contribution in [1.29, 1.82) is 0 Å². The monoisotopic (exact) mass is 225 g/mol. The van der Waals surface area contributed by atoms with E-state index >= 15 is 0 Å². The van der Waals surface area contributed by atoms with Crippen molar-refractivity contribution >= 4 is 21.9 Å². The molecular formula is C6H5ClFNO3S. The third-order valence-electron chi connectivity index (χ3n) is 1.10. The highest BCUT2D eigenvalue weighted by Gasteiger charge is 2.09. The highest BCUT2D eigenvalue weighted by Crippen LogP contribution is 2.25. The Labute approximate surface area is 79.3 Å². The Morgan fingerprint density at radius 2 is 2.08 bits per heavy atom. The van der Waals surface area contributed by atoms with Crippen LogP contribution in [0.15, 0.2) is 18.2 Å². The molecule has 1 rings (SSSR count). The van der Waals surface area contributed by atoms with Gasteiger partial charge in [-0.15, -0.1) is 0 Å². The van der Waals surface area contributed by atoms with Gasteiger partial charge in [0, 0.05) is 0 Å². The minimum atomic E-state index is -4.12. The Bertz CT molecular complexity index is 420. The molecule has 72 valence electrons. The van der Waals surface area contributed by atoms with Gasteiger partial charge in [0.1, 0.15) is 5.82 Å². The molecule has 0 aliphatic rings. The molecule has 0 amide bonds. The third kappa shape index (κ3) is 3.17. The Morgan fingerprint density at radius 1 is 1.46 bits per heavy atom. The quantitative estimate of drug-likeness (QED) is 0.818. The number of benzene rings is 1. The summed E-state index contributed by atoms with van der Waals surface area (Å²) in [6.07, 6.45) is 0. The van der Waals surface area contributed by atoms with Crippen molar-refractivity contribution in [3.8, 4) is 5.75 Å². The molecule has 1 aromatic carbocycles. The molecule has 0 fully saturated rings. The second kappa shape index (κ2) is 3.49. The lowest BCUT2D eigenvalue weighted by atomic mass is 10.3. The topological polar surface area (TPSA) is 69.4 Å². The summed E-state index contributed by atoms with van der Waals surface area (Å²) >= 11 is 5.45. The largest absolute Gasteiger partial charge is 0.380 e. The van der Waals surface area contributed by atoms with E-state index in [4.69, 9.17) is 11.6 Å². The fourth-order valence-corrected chi connectivity index (χ4v) is 1.32. The summed E-state index contributed by atoms with van der Waals surface area (Å²) in [5.41, 5.74) is 0. The van der Waals surface area contributed by atoms with Crippen LogP contribution in [0.1, 0.15) is 0 Å². The van der Waals surface area contributed by atoms with Gasteiger partial charge in [-0.3, -0.25) is 0 Å². The molecule has 0 bridgehead atoms. The predicted molar refractivity (Wildman–Crippen MR) is 45.1 cm³/mol. The van der Waals surface area contributed by atoms with E-state index in [0.29, 0.717) is 0 Å². The van der Waals surface area contributed by atoms with Gasteiger partial charge < -0.3 is 4.18 Å². The highest BCUT2D eigenvalue weighted by molar-refractivity contribution is 7.84. The molecule has 13 heavy (non-hydrogen) atoms. The van der Waals surface area contributed by atoms with Gasteiger partial charge in [0.25, 0.3) is 0 Å². The lowest BCUT2D eigenvalue weighted by Gasteiger charge is -2.03. The summed E-state index contributed by atoms with van der Waals surface area (Å²) in [6, 6.07) is 3.00. The summed E-state index contributed by atoms with van der Waals surface area (Å²) in [7, 11) is -4.12. The first-order chi connectivity index (χ1) is 5.88. The number of rotatable bonds is 2. The zero-order valence-corrected chi connectivity index (χ0v) is 7.77. The summed E-state index contributed by atoms with van der Waals surface area (Å²) in [5.74, 6) is -0.794. The van der Waals surface area contributed by atoms with Gasteiger partial charge in [-0.2, -0.15) is 13.6 Å². The lowest BCUT2D eigenvalue weighted by molar-refractivity contribution is 0.486. The van der Waals surface area contributed by atoms with Crippen LogP contribution in [0.2, 0.25) is 5.02 Å². The van der Waals surface area contributed by atoms with Crippen molar-refractivity contribution in [1.82, 2.24) is 0 Å². The maximum atomic E-state index is 12.5. The SMILES string of the molecule is NS(=O)(=O)Oc1ccc(F)cc1Cl. The molecule has 0 aliphatic heterocycles. The molecule has 0 aromatic heterocycles. The summed E-state index contributed by atoms with van der Waals surface area (Å²) in [6.45, 7) is 0.